The Kier molecular flexibility index (Phi) is 4.24. The van der Waals surface area contributed by atoms with Gasteiger partial charge in [-0.25, -0.2) is 0 Å². The standard InChI is InChI=1S/C14H9BrClNO/c15-13-7-12(6-5-10(13)8-16)18-14-4-2-1-3-11(14)9-17/h1-7H,8H2. The van der Waals surface area contributed by atoms with E-state index in [2.05, 4.69) is 22.0 Å². The van der Waals surface area contributed by atoms with Gasteiger partial charge in [-0.15, -0.1) is 11.6 Å². The molecule has 0 atom stereocenters. The summed E-state index contributed by atoms with van der Waals surface area (Å²) in [6, 6.07) is 14.8. The fraction of sp³-hybridized carbons (Fsp3) is 0.0714. The van der Waals surface area contributed by atoms with Crippen LogP contribution in [0.25, 0.3) is 0 Å². The van der Waals surface area contributed by atoms with Crippen LogP contribution in [-0.4, -0.2) is 0 Å². The number of nitriles is 1. The van der Waals surface area contributed by atoms with Gasteiger partial charge in [-0.1, -0.05) is 34.1 Å². The summed E-state index contributed by atoms with van der Waals surface area (Å²) in [7, 11) is 0. The van der Waals surface area contributed by atoms with E-state index in [1.165, 1.54) is 0 Å². The molecule has 4 heteroatoms. The first kappa shape index (κ1) is 12.9. The molecule has 2 nitrogen and oxygen atoms in total. The Morgan fingerprint density at radius 1 is 1.22 bits per heavy atom. The van der Waals surface area contributed by atoms with Crippen molar-refractivity contribution in [2.45, 2.75) is 5.88 Å². The van der Waals surface area contributed by atoms with Gasteiger partial charge in [-0.05, 0) is 29.8 Å². The van der Waals surface area contributed by atoms with E-state index in [0.717, 1.165) is 10.0 Å². The van der Waals surface area contributed by atoms with Crippen LogP contribution in [0.4, 0.5) is 0 Å². The van der Waals surface area contributed by atoms with Gasteiger partial charge in [0.25, 0.3) is 0 Å². The number of halogens is 2. The molecule has 0 radical (unpaired) electrons. The van der Waals surface area contributed by atoms with Gasteiger partial charge in [-0.3, -0.25) is 0 Å². The molecule has 0 N–H and O–H groups in total. The van der Waals surface area contributed by atoms with E-state index >= 15 is 0 Å². The monoisotopic (exact) mass is 321 g/mol. The van der Waals surface area contributed by atoms with Crippen LogP contribution in [0.15, 0.2) is 46.9 Å². The van der Waals surface area contributed by atoms with Crippen molar-refractivity contribution in [3.63, 3.8) is 0 Å². The highest BCUT2D eigenvalue weighted by molar-refractivity contribution is 9.10. The minimum absolute atomic E-state index is 0.440. The van der Waals surface area contributed by atoms with Crippen LogP contribution in [-0.2, 0) is 5.88 Å². The van der Waals surface area contributed by atoms with Crippen molar-refractivity contribution in [2.75, 3.05) is 0 Å². The van der Waals surface area contributed by atoms with E-state index < -0.39 is 0 Å². The van der Waals surface area contributed by atoms with Crippen molar-refractivity contribution in [2.24, 2.45) is 0 Å². The summed E-state index contributed by atoms with van der Waals surface area (Å²) in [5, 5.41) is 8.98. The molecule has 18 heavy (non-hydrogen) atoms. The Balaban J connectivity index is 2.29. The zero-order valence-corrected chi connectivity index (χ0v) is 11.7. The number of benzene rings is 2. The SMILES string of the molecule is N#Cc1ccccc1Oc1ccc(CCl)c(Br)c1. The van der Waals surface area contributed by atoms with Gasteiger partial charge in [0.1, 0.15) is 17.6 Å². The molecule has 0 aliphatic rings. The molecule has 2 rings (SSSR count). The van der Waals surface area contributed by atoms with Crippen LogP contribution in [0, 0.1) is 11.3 Å². The van der Waals surface area contributed by atoms with Gasteiger partial charge in [0.2, 0.25) is 0 Å². The van der Waals surface area contributed by atoms with Crippen LogP contribution in [0.3, 0.4) is 0 Å². The first-order valence-corrected chi connectivity index (χ1v) is 6.58. The minimum Gasteiger partial charge on any atom is -0.456 e. The molecule has 0 aromatic heterocycles. The summed E-state index contributed by atoms with van der Waals surface area (Å²) in [4.78, 5) is 0. The number of hydrogen-bond donors (Lipinski definition) is 0. The molecule has 0 amide bonds. The maximum Gasteiger partial charge on any atom is 0.145 e. The number of rotatable bonds is 3. The molecule has 0 heterocycles. The molecular weight excluding hydrogens is 314 g/mol. The van der Waals surface area contributed by atoms with E-state index in [1.54, 1.807) is 18.2 Å². The predicted molar refractivity (Wildman–Crippen MR) is 74.9 cm³/mol. The highest BCUT2D eigenvalue weighted by Crippen LogP contribution is 2.29. The van der Waals surface area contributed by atoms with Crippen LogP contribution >= 0.6 is 27.5 Å². The molecule has 0 saturated carbocycles. The first-order chi connectivity index (χ1) is 8.74. The molecule has 0 aliphatic heterocycles. The molecule has 0 aliphatic carbocycles. The van der Waals surface area contributed by atoms with Crippen molar-refractivity contribution in [3.05, 3.63) is 58.1 Å². The van der Waals surface area contributed by atoms with Crippen LogP contribution in [0.1, 0.15) is 11.1 Å². The number of alkyl halides is 1. The van der Waals surface area contributed by atoms with Gasteiger partial charge in [-0.2, -0.15) is 5.26 Å². The van der Waals surface area contributed by atoms with Crippen molar-refractivity contribution < 1.29 is 4.74 Å². The lowest BCUT2D eigenvalue weighted by Crippen LogP contribution is -1.89. The average Bonchev–Trinajstić information content (AvgIpc) is 2.39. The molecule has 0 saturated heterocycles. The Hall–Kier alpha value is -1.50. The molecule has 0 bridgehead atoms. The van der Waals surface area contributed by atoms with E-state index in [0.29, 0.717) is 22.9 Å². The molecule has 2 aromatic carbocycles. The normalized spacial score (nSPS) is 9.83. The Morgan fingerprint density at radius 2 is 2.00 bits per heavy atom. The van der Waals surface area contributed by atoms with Crippen LogP contribution in [0.5, 0.6) is 11.5 Å². The fourth-order valence-corrected chi connectivity index (χ4v) is 2.37. The minimum atomic E-state index is 0.440. The lowest BCUT2D eigenvalue weighted by molar-refractivity contribution is 0.480. The highest BCUT2D eigenvalue weighted by atomic mass is 79.9. The number of nitrogens with zero attached hydrogens (tertiary/aromatic N) is 1. The second kappa shape index (κ2) is 5.90. The average molecular weight is 323 g/mol. The highest BCUT2D eigenvalue weighted by Gasteiger charge is 2.05. The first-order valence-electron chi connectivity index (χ1n) is 5.26. The summed E-state index contributed by atoms with van der Waals surface area (Å²) < 4.78 is 6.58. The second-order valence-corrected chi connectivity index (χ2v) is 4.72. The van der Waals surface area contributed by atoms with Gasteiger partial charge in [0.05, 0.1) is 5.56 Å². The number of ether oxygens (including phenoxy) is 1. The predicted octanol–water partition coefficient (Wildman–Crippen LogP) is 4.85. The van der Waals surface area contributed by atoms with Crippen LogP contribution < -0.4 is 4.74 Å². The van der Waals surface area contributed by atoms with Crippen molar-refractivity contribution in [1.82, 2.24) is 0 Å². The lowest BCUT2D eigenvalue weighted by atomic mass is 10.2. The summed E-state index contributed by atoms with van der Waals surface area (Å²) in [6.07, 6.45) is 0. The summed E-state index contributed by atoms with van der Waals surface area (Å²) in [5.41, 5.74) is 1.51. The maximum atomic E-state index is 8.98. The Bertz CT molecular complexity index is 607. The number of hydrogen-bond acceptors (Lipinski definition) is 2. The van der Waals surface area contributed by atoms with E-state index in [-0.39, 0.29) is 0 Å². The van der Waals surface area contributed by atoms with E-state index in [4.69, 9.17) is 21.6 Å². The van der Waals surface area contributed by atoms with Gasteiger partial charge in [0.15, 0.2) is 0 Å². The lowest BCUT2D eigenvalue weighted by Gasteiger charge is -2.08. The summed E-state index contributed by atoms with van der Waals surface area (Å²) in [5.74, 6) is 1.65. The zero-order chi connectivity index (χ0) is 13.0. The number of para-hydroxylation sites is 1. The van der Waals surface area contributed by atoms with Crippen LogP contribution in [0.2, 0.25) is 0 Å². The molecule has 0 spiro atoms. The van der Waals surface area contributed by atoms with Gasteiger partial charge >= 0.3 is 0 Å². The third kappa shape index (κ3) is 2.84. The van der Waals surface area contributed by atoms with E-state index in [1.807, 2.05) is 24.3 Å². The summed E-state index contributed by atoms with van der Waals surface area (Å²) in [6.45, 7) is 0. The maximum absolute atomic E-state index is 8.98. The zero-order valence-electron chi connectivity index (χ0n) is 9.36. The van der Waals surface area contributed by atoms with Crippen molar-refractivity contribution in [3.8, 4) is 17.6 Å². The molecule has 90 valence electrons. The topological polar surface area (TPSA) is 33.0 Å². The van der Waals surface area contributed by atoms with Gasteiger partial charge in [0, 0.05) is 10.4 Å². The Morgan fingerprint density at radius 3 is 2.67 bits per heavy atom. The van der Waals surface area contributed by atoms with Crippen molar-refractivity contribution in [1.29, 1.82) is 5.26 Å². The molecular formula is C14H9BrClNO. The van der Waals surface area contributed by atoms with E-state index in [9.17, 15) is 0 Å². The third-order valence-electron chi connectivity index (χ3n) is 2.40. The van der Waals surface area contributed by atoms with Crippen molar-refractivity contribution >= 4 is 27.5 Å². The quantitative estimate of drug-likeness (QED) is 0.757. The molecule has 0 unspecified atom stereocenters. The Labute approximate surface area is 119 Å². The fourth-order valence-electron chi connectivity index (χ4n) is 1.47. The summed E-state index contributed by atoms with van der Waals surface area (Å²) >= 11 is 9.21. The largest absolute Gasteiger partial charge is 0.456 e. The smallest absolute Gasteiger partial charge is 0.145 e. The second-order valence-electron chi connectivity index (χ2n) is 3.60. The molecule has 0 fully saturated rings. The van der Waals surface area contributed by atoms with Gasteiger partial charge < -0.3 is 4.74 Å². The molecule has 2 aromatic rings. The third-order valence-corrected chi connectivity index (χ3v) is 3.43.